The van der Waals surface area contributed by atoms with Crippen molar-refractivity contribution in [3.63, 3.8) is 0 Å². The molecule has 10 heteroatoms. The van der Waals surface area contributed by atoms with Gasteiger partial charge in [0.15, 0.2) is 0 Å². The average Bonchev–Trinajstić information content (AvgIpc) is 3.14. The highest BCUT2D eigenvalue weighted by atomic mass is 35.5. The van der Waals surface area contributed by atoms with Crippen LogP contribution in [-0.2, 0) is 26.2 Å². The fourth-order valence-electron chi connectivity index (χ4n) is 2.46. The number of thiophene rings is 1. The fraction of sp³-hybridized carbons (Fsp3) is 0.333. The van der Waals surface area contributed by atoms with Crippen LogP contribution >= 0.6 is 22.9 Å². The summed E-state index contributed by atoms with van der Waals surface area (Å²) in [6.07, 6.45) is 1.02. The Kier molecular flexibility index (Phi) is 7.85. The molecular weight excluding hydrogens is 422 g/mol. The molecule has 28 heavy (non-hydrogen) atoms. The number of hydrogen-bond acceptors (Lipinski definition) is 5. The summed E-state index contributed by atoms with van der Waals surface area (Å²) in [6.45, 7) is 1.84. The van der Waals surface area contributed by atoms with Crippen LogP contribution < -0.4 is 9.62 Å². The molecule has 0 aliphatic carbocycles. The van der Waals surface area contributed by atoms with Gasteiger partial charge in [-0.2, -0.15) is 0 Å². The predicted molar refractivity (Wildman–Crippen MR) is 112 cm³/mol. The number of benzene rings is 1. The minimum absolute atomic E-state index is 0.145. The second-order valence-corrected chi connectivity index (χ2v) is 9.39. The highest BCUT2D eigenvalue weighted by molar-refractivity contribution is 7.92. The van der Waals surface area contributed by atoms with Crippen LogP contribution in [0.25, 0.3) is 0 Å². The van der Waals surface area contributed by atoms with Gasteiger partial charge in [0.25, 0.3) is 0 Å². The molecule has 1 heterocycles. The molecule has 1 N–H and O–H groups in total. The molecular formula is C18H22ClN3O4S2. The first kappa shape index (κ1) is 22.2. The van der Waals surface area contributed by atoms with E-state index in [2.05, 4.69) is 5.32 Å². The summed E-state index contributed by atoms with van der Waals surface area (Å²) in [5.74, 6) is -0.781. The van der Waals surface area contributed by atoms with Crippen molar-refractivity contribution < 1.29 is 18.0 Å². The van der Waals surface area contributed by atoms with Crippen molar-refractivity contribution in [3.8, 4) is 0 Å². The normalized spacial score (nSPS) is 11.1. The van der Waals surface area contributed by atoms with Crippen molar-refractivity contribution in [3.05, 3.63) is 51.7 Å². The van der Waals surface area contributed by atoms with Gasteiger partial charge in [-0.25, -0.2) is 8.42 Å². The minimum Gasteiger partial charge on any atom is -0.350 e. The van der Waals surface area contributed by atoms with E-state index in [4.69, 9.17) is 11.6 Å². The van der Waals surface area contributed by atoms with Crippen molar-refractivity contribution >= 4 is 50.5 Å². The van der Waals surface area contributed by atoms with Gasteiger partial charge in [0, 0.05) is 16.4 Å². The molecule has 0 saturated heterocycles. The maximum atomic E-state index is 12.7. The summed E-state index contributed by atoms with van der Waals surface area (Å²) in [5.41, 5.74) is 0.293. The van der Waals surface area contributed by atoms with Crippen molar-refractivity contribution in [2.24, 2.45) is 0 Å². The van der Waals surface area contributed by atoms with Gasteiger partial charge in [0.05, 0.1) is 25.0 Å². The number of carbonyl (C=O) groups is 2. The number of nitrogens with one attached hydrogen (secondary N) is 1. The number of nitrogens with zero attached hydrogens (tertiary/aromatic N) is 2. The zero-order valence-corrected chi connectivity index (χ0v) is 18.0. The zero-order valence-electron chi connectivity index (χ0n) is 15.6. The van der Waals surface area contributed by atoms with E-state index in [0.29, 0.717) is 17.3 Å². The zero-order chi connectivity index (χ0) is 20.7. The van der Waals surface area contributed by atoms with Crippen molar-refractivity contribution in [1.82, 2.24) is 10.2 Å². The first-order valence-corrected chi connectivity index (χ1v) is 11.6. The Labute approximate surface area is 174 Å². The van der Waals surface area contributed by atoms with Gasteiger partial charge in [0.1, 0.15) is 6.54 Å². The Hall–Kier alpha value is -2.10. The second-order valence-electron chi connectivity index (χ2n) is 6.01. The minimum atomic E-state index is -3.71. The van der Waals surface area contributed by atoms with E-state index >= 15 is 0 Å². The van der Waals surface area contributed by atoms with Crippen molar-refractivity contribution in [2.75, 3.05) is 30.2 Å². The second kappa shape index (κ2) is 9.90. The molecule has 0 aliphatic heterocycles. The molecule has 2 amide bonds. The van der Waals surface area contributed by atoms with Gasteiger partial charge >= 0.3 is 0 Å². The van der Waals surface area contributed by atoms with Gasteiger partial charge in [0.2, 0.25) is 21.8 Å². The number of rotatable bonds is 9. The Morgan fingerprint density at radius 1 is 1.18 bits per heavy atom. The summed E-state index contributed by atoms with van der Waals surface area (Å²) in [4.78, 5) is 27.1. The number of anilines is 1. The van der Waals surface area contributed by atoms with Crippen LogP contribution in [0.1, 0.15) is 11.8 Å². The number of likely N-dealkylation sites (N-methyl/N-ethyl adjacent to an activating group) is 1. The maximum absolute atomic E-state index is 12.7. The van der Waals surface area contributed by atoms with Crippen LogP contribution in [0.5, 0.6) is 0 Å². The highest BCUT2D eigenvalue weighted by Gasteiger charge is 2.24. The largest absolute Gasteiger partial charge is 0.350 e. The molecule has 0 fully saturated rings. The first-order valence-electron chi connectivity index (χ1n) is 8.51. The number of hydrogen-bond donors (Lipinski definition) is 1. The first-order chi connectivity index (χ1) is 13.2. The van der Waals surface area contributed by atoms with E-state index in [0.717, 1.165) is 15.4 Å². The molecule has 0 saturated carbocycles. The summed E-state index contributed by atoms with van der Waals surface area (Å²) < 4.78 is 25.3. The highest BCUT2D eigenvalue weighted by Crippen LogP contribution is 2.21. The van der Waals surface area contributed by atoms with Crippen LogP contribution in [0.2, 0.25) is 5.02 Å². The number of halogens is 1. The quantitative estimate of drug-likeness (QED) is 0.644. The van der Waals surface area contributed by atoms with E-state index in [9.17, 15) is 18.0 Å². The molecule has 2 rings (SSSR count). The third-order valence-corrected chi connectivity index (χ3v) is 6.14. The molecule has 1 aromatic heterocycles. The molecule has 2 aromatic rings. The molecule has 0 bridgehead atoms. The summed E-state index contributed by atoms with van der Waals surface area (Å²) in [7, 11) is -3.71. The molecule has 1 aromatic carbocycles. The summed E-state index contributed by atoms with van der Waals surface area (Å²) in [5, 5.41) is 5.03. The van der Waals surface area contributed by atoms with Crippen LogP contribution in [-0.4, -0.2) is 51.0 Å². The lowest BCUT2D eigenvalue weighted by Crippen LogP contribution is -2.46. The Morgan fingerprint density at radius 2 is 1.93 bits per heavy atom. The van der Waals surface area contributed by atoms with Gasteiger partial charge in [-0.3, -0.25) is 13.9 Å². The number of amides is 2. The van der Waals surface area contributed by atoms with E-state index in [1.165, 1.54) is 22.3 Å². The number of carbonyl (C=O) groups excluding carboxylic acids is 2. The lowest BCUT2D eigenvalue weighted by Gasteiger charge is -2.26. The Balaban J connectivity index is 2.04. The molecule has 152 valence electrons. The third-order valence-electron chi connectivity index (χ3n) is 3.88. The van der Waals surface area contributed by atoms with Crippen LogP contribution in [0.3, 0.4) is 0 Å². The topological polar surface area (TPSA) is 86.8 Å². The smallest absolute Gasteiger partial charge is 0.243 e. The summed E-state index contributed by atoms with van der Waals surface area (Å²) in [6, 6.07) is 10.1. The van der Waals surface area contributed by atoms with Gasteiger partial charge in [-0.15, -0.1) is 11.3 Å². The molecule has 0 aliphatic rings. The Morgan fingerprint density at radius 3 is 2.50 bits per heavy atom. The SMILES string of the molecule is CCN(CC(=O)NCc1cccs1)C(=O)CN(c1cccc(Cl)c1)S(C)(=O)=O. The van der Waals surface area contributed by atoms with Gasteiger partial charge < -0.3 is 10.2 Å². The molecule has 7 nitrogen and oxygen atoms in total. The molecule has 0 unspecified atom stereocenters. The maximum Gasteiger partial charge on any atom is 0.243 e. The van der Waals surface area contributed by atoms with E-state index in [1.54, 1.807) is 25.1 Å². The van der Waals surface area contributed by atoms with Gasteiger partial charge in [-0.05, 0) is 36.6 Å². The molecule has 0 atom stereocenters. The van der Waals surface area contributed by atoms with Crippen LogP contribution in [0, 0.1) is 0 Å². The average molecular weight is 444 g/mol. The van der Waals surface area contributed by atoms with E-state index in [1.807, 2.05) is 17.5 Å². The van der Waals surface area contributed by atoms with E-state index in [-0.39, 0.29) is 19.0 Å². The predicted octanol–water partition coefficient (Wildman–Crippen LogP) is 2.33. The third kappa shape index (κ3) is 6.50. The summed E-state index contributed by atoms with van der Waals surface area (Å²) >= 11 is 7.47. The lowest BCUT2D eigenvalue weighted by molar-refractivity contribution is -0.134. The van der Waals surface area contributed by atoms with Crippen molar-refractivity contribution in [1.29, 1.82) is 0 Å². The monoisotopic (exact) mass is 443 g/mol. The Bertz CT molecular complexity index is 917. The standard InChI is InChI=1S/C18H22ClN3O4S2/c1-3-21(12-17(23)20-11-16-8-5-9-27-16)18(24)13-22(28(2,25)26)15-7-4-6-14(19)10-15/h4-10H,3,11-13H2,1-2H3,(H,20,23). The molecule has 0 spiro atoms. The lowest BCUT2D eigenvalue weighted by atomic mass is 10.3. The van der Waals surface area contributed by atoms with Gasteiger partial charge in [-0.1, -0.05) is 23.7 Å². The van der Waals surface area contributed by atoms with E-state index < -0.39 is 22.5 Å². The van der Waals surface area contributed by atoms with Crippen LogP contribution in [0.4, 0.5) is 5.69 Å². The van der Waals surface area contributed by atoms with Crippen LogP contribution in [0.15, 0.2) is 41.8 Å². The number of sulfonamides is 1. The van der Waals surface area contributed by atoms with Crippen molar-refractivity contribution in [2.45, 2.75) is 13.5 Å². The fourth-order valence-corrected chi connectivity index (χ4v) is 4.13. The molecule has 0 radical (unpaired) electrons.